The van der Waals surface area contributed by atoms with Gasteiger partial charge in [0.25, 0.3) is 11.8 Å². The summed E-state index contributed by atoms with van der Waals surface area (Å²) in [5.74, 6) is 0.551. The molecule has 0 spiro atoms. The Balaban J connectivity index is 1.31. The lowest BCUT2D eigenvalue weighted by Gasteiger charge is -2.23. The van der Waals surface area contributed by atoms with Crippen molar-refractivity contribution < 1.29 is 37.0 Å². The fourth-order valence-corrected chi connectivity index (χ4v) is 6.57. The van der Waals surface area contributed by atoms with Crippen LogP contribution in [0.2, 0.25) is 0 Å². The summed E-state index contributed by atoms with van der Waals surface area (Å²) in [7, 11) is -1.85. The number of carbonyl (C=O) groups excluding carboxylic acids is 3. The first-order valence-corrected chi connectivity index (χ1v) is 17.7. The Labute approximate surface area is 285 Å². The quantitative estimate of drug-likeness (QED) is 0.332. The highest BCUT2D eigenvalue weighted by Crippen LogP contribution is 2.32. The van der Waals surface area contributed by atoms with Crippen LogP contribution in [0.15, 0.2) is 89.8 Å². The summed E-state index contributed by atoms with van der Waals surface area (Å²) < 4.78 is 41.6. The lowest BCUT2D eigenvalue weighted by Crippen LogP contribution is -2.45. The van der Waals surface area contributed by atoms with E-state index >= 15 is 0 Å². The molecule has 49 heavy (non-hydrogen) atoms. The Morgan fingerprint density at radius 3 is 2.51 bits per heavy atom. The van der Waals surface area contributed by atoms with Gasteiger partial charge in [-0.25, -0.2) is 8.42 Å². The van der Waals surface area contributed by atoms with E-state index in [1.807, 2.05) is 37.3 Å². The molecular formula is C37H37N3O8S. The molecule has 3 heterocycles. The summed E-state index contributed by atoms with van der Waals surface area (Å²) in [5, 5.41) is 5.97. The zero-order chi connectivity index (χ0) is 34.7. The van der Waals surface area contributed by atoms with Gasteiger partial charge in [-0.1, -0.05) is 36.4 Å². The second-order valence-corrected chi connectivity index (χ2v) is 14.3. The van der Waals surface area contributed by atoms with Crippen molar-refractivity contribution >= 4 is 27.6 Å². The maximum Gasteiger partial charge on any atom is 0.258 e. The third-order valence-corrected chi connectivity index (χ3v) is 9.78. The van der Waals surface area contributed by atoms with Crippen molar-refractivity contribution in [2.24, 2.45) is 0 Å². The molecule has 0 saturated carbocycles. The Hall–Kier alpha value is -5.36. The molecule has 2 N–H and O–H groups in total. The molecule has 0 aliphatic carbocycles. The standard InChI is InChI=1S/C37H37N3O8S/c1-23-7-11-27-18-30(23)26-5-4-6-28(17-26)47-22-35(41)38-19-25-10-14-32(33(15-25)46-2)48-34-21-40(20-31(34)39-37(27)43)36(42)16-24-8-12-29(13-9-24)49(3,44)45/h4-15,17-18,31,34H,16,19-22H2,1-3H3,(H,38,41)(H,39,43)/t31-,34-/m0/s1. The van der Waals surface area contributed by atoms with Gasteiger partial charge < -0.3 is 29.7 Å². The van der Waals surface area contributed by atoms with E-state index in [0.717, 1.165) is 28.5 Å². The number of hydrogen-bond acceptors (Lipinski definition) is 8. The number of ether oxygens (including phenoxy) is 3. The zero-order valence-corrected chi connectivity index (χ0v) is 28.2. The van der Waals surface area contributed by atoms with Crippen molar-refractivity contribution in [1.82, 2.24) is 15.5 Å². The number of amides is 3. The lowest BCUT2D eigenvalue weighted by atomic mass is 9.97. The van der Waals surface area contributed by atoms with Gasteiger partial charge in [-0.05, 0) is 83.3 Å². The SMILES string of the molecule is COc1cc2ccc1O[C@H]1CN(C(=O)Cc3ccc(S(C)(=O)=O)cc3)C[C@@H]1NC(=O)c1ccc(C)c(c1)-c1cccc(c1)OCC(=O)NC2. The van der Waals surface area contributed by atoms with Gasteiger partial charge in [-0.2, -0.15) is 0 Å². The molecule has 6 bridgehead atoms. The molecular weight excluding hydrogens is 646 g/mol. The minimum Gasteiger partial charge on any atom is -0.493 e. The van der Waals surface area contributed by atoms with Crippen molar-refractivity contribution in [3.8, 4) is 28.4 Å². The summed E-state index contributed by atoms with van der Waals surface area (Å²) in [5.41, 5.74) is 4.48. The fraction of sp³-hybridized carbons (Fsp3) is 0.270. The normalized spacial score (nSPS) is 18.0. The molecule has 2 atom stereocenters. The fourth-order valence-electron chi connectivity index (χ4n) is 5.94. The zero-order valence-electron chi connectivity index (χ0n) is 27.4. The molecule has 12 heteroatoms. The number of likely N-dealkylation sites (tertiary alicyclic amines) is 1. The van der Waals surface area contributed by atoms with Crippen LogP contribution >= 0.6 is 0 Å². The summed E-state index contributed by atoms with van der Waals surface area (Å²) in [6.45, 7) is 2.40. The number of nitrogens with one attached hydrogen (secondary N) is 2. The molecule has 7 rings (SSSR count). The number of hydrogen-bond donors (Lipinski definition) is 2. The summed E-state index contributed by atoms with van der Waals surface area (Å²) in [6, 6.07) is 23.8. The molecule has 0 aromatic heterocycles. The van der Waals surface area contributed by atoms with E-state index in [0.29, 0.717) is 28.4 Å². The molecule has 1 fully saturated rings. The van der Waals surface area contributed by atoms with Gasteiger partial charge in [0.05, 0.1) is 31.0 Å². The van der Waals surface area contributed by atoms with Gasteiger partial charge in [0.1, 0.15) is 11.9 Å². The molecule has 4 aromatic carbocycles. The van der Waals surface area contributed by atoms with E-state index < -0.39 is 22.0 Å². The van der Waals surface area contributed by atoms with Crippen LogP contribution in [0.5, 0.6) is 17.2 Å². The van der Waals surface area contributed by atoms with Crippen LogP contribution in [-0.4, -0.2) is 76.2 Å². The number of benzene rings is 4. The summed E-state index contributed by atoms with van der Waals surface area (Å²) in [4.78, 5) is 41.8. The van der Waals surface area contributed by atoms with Gasteiger partial charge in [-0.3, -0.25) is 14.4 Å². The van der Waals surface area contributed by atoms with Gasteiger partial charge in [0, 0.05) is 24.9 Å². The van der Waals surface area contributed by atoms with Gasteiger partial charge in [-0.15, -0.1) is 0 Å². The van der Waals surface area contributed by atoms with Crippen molar-refractivity contribution in [1.29, 1.82) is 0 Å². The van der Waals surface area contributed by atoms with Crippen LogP contribution in [0.3, 0.4) is 0 Å². The maximum atomic E-state index is 13.8. The minimum atomic E-state index is -3.36. The van der Waals surface area contributed by atoms with Gasteiger partial charge in [0.15, 0.2) is 27.9 Å². The molecule has 11 nitrogen and oxygen atoms in total. The number of fused-ring (bicyclic) bond motifs is 7. The van der Waals surface area contributed by atoms with E-state index in [-0.39, 0.29) is 55.3 Å². The topological polar surface area (TPSA) is 140 Å². The predicted molar refractivity (Wildman–Crippen MR) is 182 cm³/mol. The smallest absolute Gasteiger partial charge is 0.258 e. The Morgan fingerprint density at radius 1 is 0.959 bits per heavy atom. The van der Waals surface area contributed by atoms with E-state index in [9.17, 15) is 22.8 Å². The average Bonchev–Trinajstić information content (AvgIpc) is 3.48. The van der Waals surface area contributed by atoms with E-state index in [1.54, 1.807) is 47.4 Å². The highest BCUT2D eigenvalue weighted by molar-refractivity contribution is 7.90. The summed E-state index contributed by atoms with van der Waals surface area (Å²) in [6.07, 6.45) is 0.560. The molecule has 3 aliphatic heterocycles. The molecule has 0 radical (unpaired) electrons. The Kier molecular flexibility index (Phi) is 9.59. The van der Waals surface area contributed by atoms with Crippen molar-refractivity contribution in [3.05, 3.63) is 107 Å². The number of nitrogens with zero attached hydrogens (tertiary/aromatic N) is 1. The van der Waals surface area contributed by atoms with Crippen LogP contribution < -0.4 is 24.8 Å². The Morgan fingerprint density at radius 2 is 1.76 bits per heavy atom. The monoisotopic (exact) mass is 683 g/mol. The molecule has 3 aliphatic rings. The second-order valence-electron chi connectivity index (χ2n) is 12.2. The molecule has 0 unspecified atom stereocenters. The van der Waals surface area contributed by atoms with E-state index in [2.05, 4.69) is 10.6 Å². The van der Waals surface area contributed by atoms with E-state index in [1.165, 1.54) is 19.2 Å². The van der Waals surface area contributed by atoms with Crippen molar-refractivity contribution in [2.45, 2.75) is 36.9 Å². The number of methoxy groups -OCH3 is 1. The first-order valence-electron chi connectivity index (χ1n) is 15.8. The van der Waals surface area contributed by atoms with Crippen LogP contribution in [-0.2, 0) is 32.4 Å². The molecule has 254 valence electrons. The van der Waals surface area contributed by atoms with Crippen molar-refractivity contribution in [2.75, 3.05) is 33.1 Å². The number of carbonyl (C=O) groups is 3. The lowest BCUT2D eigenvalue weighted by molar-refractivity contribution is -0.129. The molecule has 4 aromatic rings. The van der Waals surface area contributed by atoms with E-state index in [4.69, 9.17) is 14.2 Å². The predicted octanol–water partition coefficient (Wildman–Crippen LogP) is 3.71. The van der Waals surface area contributed by atoms with Crippen LogP contribution in [0.25, 0.3) is 11.1 Å². The molecule has 1 saturated heterocycles. The van der Waals surface area contributed by atoms with Crippen LogP contribution in [0.4, 0.5) is 0 Å². The second kappa shape index (κ2) is 14.0. The largest absolute Gasteiger partial charge is 0.493 e. The highest BCUT2D eigenvalue weighted by atomic mass is 32.2. The van der Waals surface area contributed by atoms with Crippen molar-refractivity contribution in [3.63, 3.8) is 0 Å². The van der Waals surface area contributed by atoms with Crippen LogP contribution in [0.1, 0.15) is 27.0 Å². The van der Waals surface area contributed by atoms with Gasteiger partial charge in [0.2, 0.25) is 5.91 Å². The maximum absolute atomic E-state index is 13.8. The van der Waals surface area contributed by atoms with Crippen LogP contribution in [0, 0.1) is 6.92 Å². The first kappa shape index (κ1) is 33.5. The minimum absolute atomic E-state index is 0.0469. The van der Waals surface area contributed by atoms with Gasteiger partial charge >= 0.3 is 0 Å². The Bertz CT molecular complexity index is 2010. The molecule has 3 amide bonds. The average molecular weight is 684 g/mol. The highest BCUT2D eigenvalue weighted by Gasteiger charge is 2.38. The number of sulfone groups is 1. The first-order chi connectivity index (χ1) is 23.5. The summed E-state index contributed by atoms with van der Waals surface area (Å²) >= 11 is 0. The third kappa shape index (κ3) is 7.86. The third-order valence-electron chi connectivity index (χ3n) is 8.65. The number of aryl methyl sites for hydroxylation is 1. The number of rotatable bonds is 4.